The molecule has 110 valence electrons. The minimum absolute atomic E-state index is 0.00993. The molecule has 1 aliphatic heterocycles. The zero-order valence-electron chi connectivity index (χ0n) is 11.9. The first-order valence-electron chi connectivity index (χ1n) is 7.25. The molecule has 1 aliphatic rings. The molecule has 0 aromatic rings. The van der Waals surface area contributed by atoms with Crippen molar-refractivity contribution in [1.29, 1.82) is 0 Å². The monoisotopic (exact) mass is 270 g/mol. The van der Waals surface area contributed by atoms with E-state index < -0.39 is 0 Å². The van der Waals surface area contributed by atoms with Gasteiger partial charge in [-0.2, -0.15) is 0 Å². The summed E-state index contributed by atoms with van der Waals surface area (Å²) in [5.41, 5.74) is 0. The number of hydrogen-bond acceptors (Lipinski definition) is 4. The minimum Gasteiger partial charge on any atom is -0.458 e. The van der Waals surface area contributed by atoms with Crippen molar-refractivity contribution < 1.29 is 19.0 Å². The molecule has 1 saturated heterocycles. The molecular formula is C15H26O4. The standard InChI is InChI=1S/C15H26O4/c1-3-14(19-13(2)16)9-5-4-7-11-17-15-10-6-8-12-18-15/h3,14-15H,1,4-12H2,2H3/t14-,15?/m0/s1. The van der Waals surface area contributed by atoms with Crippen molar-refractivity contribution in [2.75, 3.05) is 13.2 Å². The summed E-state index contributed by atoms with van der Waals surface area (Å²) in [5.74, 6) is -0.248. The highest BCUT2D eigenvalue weighted by Gasteiger charge is 2.13. The molecule has 0 aromatic heterocycles. The highest BCUT2D eigenvalue weighted by molar-refractivity contribution is 5.66. The molecule has 4 nitrogen and oxygen atoms in total. The average Bonchev–Trinajstić information content (AvgIpc) is 2.42. The van der Waals surface area contributed by atoms with E-state index in [1.165, 1.54) is 13.3 Å². The van der Waals surface area contributed by atoms with Gasteiger partial charge in [-0.1, -0.05) is 19.1 Å². The van der Waals surface area contributed by atoms with Crippen molar-refractivity contribution in [3.63, 3.8) is 0 Å². The molecule has 1 heterocycles. The third kappa shape index (κ3) is 8.01. The highest BCUT2D eigenvalue weighted by atomic mass is 16.7. The normalized spacial score (nSPS) is 20.8. The van der Waals surface area contributed by atoms with Crippen molar-refractivity contribution in [3.05, 3.63) is 12.7 Å². The van der Waals surface area contributed by atoms with E-state index in [4.69, 9.17) is 14.2 Å². The Morgan fingerprint density at radius 1 is 1.42 bits per heavy atom. The molecule has 4 heteroatoms. The molecular weight excluding hydrogens is 244 g/mol. The number of ether oxygens (including phenoxy) is 3. The van der Waals surface area contributed by atoms with Gasteiger partial charge in [0.05, 0.1) is 0 Å². The Morgan fingerprint density at radius 3 is 2.89 bits per heavy atom. The van der Waals surface area contributed by atoms with Crippen molar-refractivity contribution in [3.8, 4) is 0 Å². The van der Waals surface area contributed by atoms with Gasteiger partial charge in [-0.25, -0.2) is 0 Å². The largest absolute Gasteiger partial charge is 0.458 e. The van der Waals surface area contributed by atoms with E-state index in [-0.39, 0.29) is 18.4 Å². The van der Waals surface area contributed by atoms with E-state index in [0.717, 1.165) is 51.7 Å². The number of unbranched alkanes of at least 4 members (excludes halogenated alkanes) is 2. The molecule has 0 bridgehead atoms. The van der Waals surface area contributed by atoms with Gasteiger partial charge in [0.25, 0.3) is 0 Å². The molecule has 19 heavy (non-hydrogen) atoms. The zero-order chi connectivity index (χ0) is 13.9. The van der Waals surface area contributed by atoms with E-state index in [9.17, 15) is 4.79 Å². The summed E-state index contributed by atoms with van der Waals surface area (Å²) in [4.78, 5) is 10.8. The Kier molecular flexibility index (Phi) is 8.50. The quantitative estimate of drug-likeness (QED) is 0.366. The second kappa shape index (κ2) is 9.98. The zero-order valence-corrected chi connectivity index (χ0v) is 11.9. The molecule has 0 aromatic carbocycles. The van der Waals surface area contributed by atoms with Gasteiger partial charge in [0, 0.05) is 20.1 Å². The first-order valence-corrected chi connectivity index (χ1v) is 7.25. The molecule has 0 amide bonds. The number of esters is 1. The van der Waals surface area contributed by atoms with Crippen molar-refractivity contribution in [2.24, 2.45) is 0 Å². The Morgan fingerprint density at radius 2 is 2.26 bits per heavy atom. The van der Waals surface area contributed by atoms with E-state index >= 15 is 0 Å². The molecule has 0 radical (unpaired) electrons. The maximum Gasteiger partial charge on any atom is 0.303 e. The Bertz CT molecular complexity index is 259. The Balaban J connectivity index is 1.94. The lowest BCUT2D eigenvalue weighted by Gasteiger charge is -2.22. The fraction of sp³-hybridized carbons (Fsp3) is 0.800. The SMILES string of the molecule is C=C[C@@H](CCCCCOC1CCCCO1)OC(C)=O. The van der Waals surface area contributed by atoms with Gasteiger partial charge in [-0.3, -0.25) is 4.79 Å². The number of carbonyl (C=O) groups is 1. The van der Waals surface area contributed by atoms with E-state index in [1.54, 1.807) is 6.08 Å². The summed E-state index contributed by atoms with van der Waals surface area (Å²) >= 11 is 0. The summed E-state index contributed by atoms with van der Waals surface area (Å²) in [6, 6.07) is 0. The number of rotatable bonds is 9. The summed E-state index contributed by atoms with van der Waals surface area (Å²) in [5, 5.41) is 0. The first-order chi connectivity index (χ1) is 9.22. The summed E-state index contributed by atoms with van der Waals surface area (Å²) in [7, 11) is 0. The van der Waals surface area contributed by atoms with Crippen molar-refractivity contribution in [1.82, 2.24) is 0 Å². The second-order valence-corrected chi connectivity index (χ2v) is 4.90. The smallest absolute Gasteiger partial charge is 0.303 e. The van der Waals surface area contributed by atoms with Crippen LogP contribution in [0.4, 0.5) is 0 Å². The lowest BCUT2D eigenvalue weighted by Crippen LogP contribution is -2.22. The minimum atomic E-state index is -0.248. The predicted octanol–water partition coefficient (Wildman–Crippen LogP) is 3.21. The molecule has 1 rings (SSSR count). The van der Waals surface area contributed by atoms with Crippen LogP contribution in [0.15, 0.2) is 12.7 Å². The number of hydrogen-bond donors (Lipinski definition) is 0. The van der Waals surface area contributed by atoms with Crippen LogP contribution in [0.5, 0.6) is 0 Å². The van der Waals surface area contributed by atoms with Crippen LogP contribution in [0.2, 0.25) is 0 Å². The van der Waals surface area contributed by atoms with Gasteiger partial charge in [-0.05, 0) is 38.5 Å². The maximum atomic E-state index is 10.8. The van der Waals surface area contributed by atoms with Gasteiger partial charge in [-0.15, -0.1) is 0 Å². The molecule has 0 aliphatic carbocycles. The first kappa shape index (κ1) is 16.2. The maximum absolute atomic E-state index is 10.8. The predicted molar refractivity (Wildman–Crippen MR) is 73.8 cm³/mol. The van der Waals surface area contributed by atoms with Crippen LogP contribution in [-0.2, 0) is 19.0 Å². The van der Waals surface area contributed by atoms with Crippen LogP contribution >= 0.6 is 0 Å². The lowest BCUT2D eigenvalue weighted by molar-refractivity contribution is -0.162. The molecule has 2 atom stereocenters. The van der Waals surface area contributed by atoms with Gasteiger partial charge in [0.15, 0.2) is 6.29 Å². The summed E-state index contributed by atoms with van der Waals surface area (Å²) in [6.45, 7) is 6.67. The molecule has 0 spiro atoms. The molecule has 1 fully saturated rings. The second-order valence-electron chi connectivity index (χ2n) is 4.90. The third-order valence-electron chi connectivity index (χ3n) is 3.15. The van der Waals surface area contributed by atoms with Crippen LogP contribution in [0, 0.1) is 0 Å². The van der Waals surface area contributed by atoms with E-state index in [1.807, 2.05) is 0 Å². The van der Waals surface area contributed by atoms with Gasteiger partial charge >= 0.3 is 5.97 Å². The van der Waals surface area contributed by atoms with Gasteiger partial charge < -0.3 is 14.2 Å². The number of carbonyl (C=O) groups excluding carboxylic acids is 1. The van der Waals surface area contributed by atoms with Gasteiger partial charge in [0.2, 0.25) is 0 Å². The molecule has 1 unspecified atom stereocenters. The van der Waals surface area contributed by atoms with Crippen LogP contribution in [0.25, 0.3) is 0 Å². The average molecular weight is 270 g/mol. The fourth-order valence-electron chi connectivity index (χ4n) is 2.12. The van der Waals surface area contributed by atoms with Crippen LogP contribution < -0.4 is 0 Å². The lowest BCUT2D eigenvalue weighted by atomic mass is 10.1. The van der Waals surface area contributed by atoms with Crippen LogP contribution in [0.1, 0.15) is 51.9 Å². The summed E-state index contributed by atoms with van der Waals surface area (Å²) in [6.07, 6.45) is 8.85. The van der Waals surface area contributed by atoms with Crippen LogP contribution in [-0.4, -0.2) is 31.6 Å². The Hall–Kier alpha value is -0.870. The third-order valence-corrected chi connectivity index (χ3v) is 3.15. The van der Waals surface area contributed by atoms with E-state index in [2.05, 4.69) is 6.58 Å². The van der Waals surface area contributed by atoms with Crippen LogP contribution in [0.3, 0.4) is 0 Å². The van der Waals surface area contributed by atoms with E-state index in [0.29, 0.717) is 0 Å². The summed E-state index contributed by atoms with van der Waals surface area (Å²) < 4.78 is 16.2. The van der Waals surface area contributed by atoms with Crippen molar-refractivity contribution >= 4 is 5.97 Å². The highest BCUT2D eigenvalue weighted by Crippen LogP contribution is 2.14. The van der Waals surface area contributed by atoms with Gasteiger partial charge in [0.1, 0.15) is 6.10 Å². The topological polar surface area (TPSA) is 44.8 Å². The fourth-order valence-corrected chi connectivity index (χ4v) is 2.12. The molecule has 0 N–H and O–H groups in total. The molecule has 0 saturated carbocycles. The Labute approximate surface area is 116 Å². The van der Waals surface area contributed by atoms with Crippen molar-refractivity contribution in [2.45, 2.75) is 64.3 Å².